The van der Waals surface area contributed by atoms with Crippen LogP contribution in [0.4, 0.5) is 0 Å². The second kappa shape index (κ2) is 8.81. The molecule has 0 unspecified atom stereocenters. The molecule has 0 saturated carbocycles. The normalized spacial score (nSPS) is 21.1. The Hall–Kier alpha value is -2.29. The maximum atomic E-state index is 12.5. The fourth-order valence-corrected chi connectivity index (χ4v) is 4.69. The third kappa shape index (κ3) is 5.15. The first-order valence-electron chi connectivity index (χ1n) is 9.26. The van der Waals surface area contributed by atoms with E-state index in [2.05, 4.69) is 9.71 Å². The van der Waals surface area contributed by atoms with Gasteiger partial charge in [-0.1, -0.05) is 36.4 Å². The van der Waals surface area contributed by atoms with Crippen molar-refractivity contribution in [1.29, 1.82) is 0 Å². The Kier molecular flexibility index (Phi) is 6.43. The molecule has 8 heteroatoms. The molecule has 2 atom stereocenters. The Bertz CT molecular complexity index is 890. The van der Waals surface area contributed by atoms with Gasteiger partial charge in [-0.25, -0.2) is 13.1 Å². The van der Waals surface area contributed by atoms with Crippen LogP contribution in [0.5, 0.6) is 0 Å². The summed E-state index contributed by atoms with van der Waals surface area (Å²) in [7, 11) is -1.72. The van der Waals surface area contributed by atoms with E-state index in [1.165, 1.54) is 0 Å². The number of nitrogens with zero attached hydrogens (tertiary/aromatic N) is 3. The number of carbonyl (C=O) groups excluding carboxylic acids is 1. The van der Waals surface area contributed by atoms with E-state index in [1.54, 1.807) is 36.5 Å². The van der Waals surface area contributed by atoms with Gasteiger partial charge in [0.2, 0.25) is 15.9 Å². The monoisotopic (exact) mass is 402 g/mol. The van der Waals surface area contributed by atoms with Crippen LogP contribution in [0, 0.1) is 0 Å². The van der Waals surface area contributed by atoms with E-state index in [9.17, 15) is 13.2 Å². The number of carbonyl (C=O) groups is 1. The average molecular weight is 403 g/mol. The zero-order valence-corrected chi connectivity index (χ0v) is 17.0. The van der Waals surface area contributed by atoms with Crippen molar-refractivity contribution < 1.29 is 13.2 Å². The van der Waals surface area contributed by atoms with Crippen LogP contribution in [0.3, 0.4) is 0 Å². The van der Waals surface area contributed by atoms with Crippen LogP contribution >= 0.6 is 0 Å². The lowest BCUT2D eigenvalue weighted by Gasteiger charge is -2.43. The Morgan fingerprint density at radius 2 is 1.86 bits per heavy atom. The first-order valence-corrected chi connectivity index (χ1v) is 10.9. The molecule has 28 heavy (non-hydrogen) atoms. The predicted octanol–water partition coefficient (Wildman–Crippen LogP) is 1.23. The second-order valence-electron chi connectivity index (χ2n) is 7.18. The van der Waals surface area contributed by atoms with E-state index >= 15 is 0 Å². The van der Waals surface area contributed by atoms with Crippen molar-refractivity contribution in [2.24, 2.45) is 0 Å². The van der Waals surface area contributed by atoms with Crippen molar-refractivity contribution in [3.8, 4) is 0 Å². The summed E-state index contributed by atoms with van der Waals surface area (Å²) in [6.45, 7) is 3.12. The van der Waals surface area contributed by atoms with Gasteiger partial charge in [0.05, 0.1) is 11.8 Å². The summed E-state index contributed by atoms with van der Waals surface area (Å²) in [5, 5.41) is 0. The maximum absolute atomic E-state index is 12.5. The number of likely N-dealkylation sites (N-methyl/N-ethyl adjacent to an activating group) is 1. The Morgan fingerprint density at radius 3 is 2.54 bits per heavy atom. The highest BCUT2D eigenvalue weighted by atomic mass is 32.2. The summed E-state index contributed by atoms with van der Waals surface area (Å²) in [6, 6.07) is 12.5. The number of pyridine rings is 1. The fraction of sp³-hybridized carbons (Fsp3) is 0.400. The third-order valence-electron chi connectivity index (χ3n) is 5.01. The molecule has 7 nitrogen and oxygen atoms in total. The number of nitrogens with one attached hydrogen (secondary N) is 1. The molecule has 0 spiro atoms. The zero-order valence-electron chi connectivity index (χ0n) is 16.2. The van der Waals surface area contributed by atoms with Crippen molar-refractivity contribution in [3.05, 3.63) is 66.0 Å². The molecule has 1 amide bonds. The third-order valence-corrected chi connectivity index (χ3v) is 6.33. The summed E-state index contributed by atoms with van der Waals surface area (Å²) in [6.07, 6.45) is 3.48. The van der Waals surface area contributed by atoms with Gasteiger partial charge in [-0.3, -0.25) is 14.7 Å². The molecule has 3 rings (SSSR count). The van der Waals surface area contributed by atoms with Gasteiger partial charge in [0.15, 0.2) is 0 Å². The molecule has 0 radical (unpaired) electrons. The minimum atomic E-state index is -3.47. The summed E-state index contributed by atoms with van der Waals surface area (Å²) >= 11 is 0. The topological polar surface area (TPSA) is 82.6 Å². The Labute approximate surface area is 166 Å². The lowest BCUT2D eigenvalue weighted by Crippen LogP contribution is -2.62. The van der Waals surface area contributed by atoms with Crippen molar-refractivity contribution in [3.63, 3.8) is 0 Å². The lowest BCUT2D eigenvalue weighted by atomic mass is 10.1. The van der Waals surface area contributed by atoms with Crippen LogP contribution in [-0.2, 0) is 27.1 Å². The Morgan fingerprint density at radius 1 is 1.14 bits per heavy atom. The number of benzene rings is 1. The number of hydrogen-bond donors (Lipinski definition) is 1. The summed E-state index contributed by atoms with van der Waals surface area (Å²) in [4.78, 5) is 20.3. The quantitative estimate of drug-likeness (QED) is 0.753. The largest absolute Gasteiger partial charge is 0.343 e. The summed E-state index contributed by atoms with van der Waals surface area (Å²) < 4.78 is 27.8. The van der Waals surface area contributed by atoms with Gasteiger partial charge in [-0.2, -0.15) is 0 Å². The van der Waals surface area contributed by atoms with Gasteiger partial charge in [-0.05, 0) is 24.1 Å². The predicted molar refractivity (Wildman–Crippen MR) is 108 cm³/mol. The minimum absolute atomic E-state index is 0.0345. The van der Waals surface area contributed by atoms with E-state index in [0.29, 0.717) is 13.1 Å². The van der Waals surface area contributed by atoms with Gasteiger partial charge in [0, 0.05) is 45.1 Å². The van der Waals surface area contributed by atoms with Crippen LogP contribution in [0.2, 0.25) is 0 Å². The van der Waals surface area contributed by atoms with Gasteiger partial charge in [0.25, 0.3) is 0 Å². The van der Waals surface area contributed by atoms with Crippen LogP contribution in [0.15, 0.2) is 54.9 Å². The molecule has 1 aliphatic rings. The molecule has 0 aliphatic carbocycles. The number of hydrogen-bond acceptors (Lipinski definition) is 5. The number of rotatable bonds is 7. The van der Waals surface area contributed by atoms with E-state index in [0.717, 1.165) is 11.1 Å². The van der Waals surface area contributed by atoms with Crippen molar-refractivity contribution in [1.82, 2.24) is 19.5 Å². The first-order chi connectivity index (χ1) is 13.4. The van der Waals surface area contributed by atoms with Gasteiger partial charge < -0.3 is 4.90 Å². The van der Waals surface area contributed by atoms with E-state index in [1.807, 2.05) is 42.2 Å². The molecule has 1 saturated heterocycles. The SMILES string of the molecule is C[C@H]1C(=O)N(C)C[C@@H](CNS(=O)(=O)Cc2ccccc2)N1Cc1cccnc1. The van der Waals surface area contributed by atoms with E-state index < -0.39 is 10.0 Å². The molecule has 1 fully saturated rings. The average Bonchev–Trinajstić information content (AvgIpc) is 2.68. The van der Waals surface area contributed by atoms with Crippen LogP contribution in [0.1, 0.15) is 18.1 Å². The molecule has 150 valence electrons. The van der Waals surface area contributed by atoms with E-state index in [-0.39, 0.29) is 30.3 Å². The highest BCUT2D eigenvalue weighted by molar-refractivity contribution is 7.88. The van der Waals surface area contributed by atoms with Gasteiger partial charge in [-0.15, -0.1) is 0 Å². The molecule has 1 aromatic carbocycles. The molecular formula is C20H26N4O3S. The molecular weight excluding hydrogens is 376 g/mol. The molecule has 1 aliphatic heterocycles. The second-order valence-corrected chi connectivity index (χ2v) is 8.98. The van der Waals surface area contributed by atoms with Crippen molar-refractivity contribution >= 4 is 15.9 Å². The number of sulfonamides is 1. The molecule has 1 aromatic heterocycles. The molecule has 1 N–H and O–H groups in total. The van der Waals surface area contributed by atoms with Gasteiger partial charge in [0.1, 0.15) is 0 Å². The van der Waals surface area contributed by atoms with Gasteiger partial charge >= 0.3 is 0 Å². The summed E-state index contributed by atoms with van der Waals surface area (Å²) in [5.41, 5.74) is 1.73. The highest BCUT2D eigenvalue weighted by Gasteiger charge is 2.36. The lowest BCUT2D eigenvalue weighted by molar-refractivity contribution is -0.142. The van der Waals surface area contributed by atoms with Crippen molar-refractivity contribution in [2.75, 3.05) is 20.1 Å². The molecule has 2 heterocycles. The first kappa shape index (κ1) is 20.4. The standard InChI is InChI=1S/C20H26N4O3S/c1-16-20(25)23(2)14-19(24(16)13-18-9-6-10-21-11-18)12-22-28(26,27)15-17-7-4-3-5-8-17/h3-11,16,19,22H,12-15H2,1-2H3/t16-,19+/m0/s1. The van der Waals surface area contributed by atoms with Crippen LogP contribution in [0.25, 0.3) is 0 Å². The molecule has 2 aromatic rings. The van der Waals surface area contributed by atoms with Crippen LogP contribution < -0.4 is 4.72 Å². The summed E-state index contributed by atoms with van der Waals surface area (Å²) in [5.74, 6) is -0.0275. The van der Waals surface area contributed by atoms with Crippen LogP contribution in [-0.4, -0.2) is 61.3 Å². The number of amides is 1. The molecule has 0 bridgehead atoms. The maximum Gasteiger partial charge on any atom is 0.239 e. The van der Waals surface area contributed by atoms with Crippen molar-refractivity contribution in [2.45, 2.75) is 31.3 Å². The zero-order chi connectivity index (χ0) is 20.1. The van der Waals surface area contributed by atoms with E-state index in [4.69, 9.17) is 0 Å². The highest BCUT2D eigenvalue weighted by Crippen LogP contribution is 2.19. The number of piperazine rings is 1. The smallest absolute Gasteiger partial charge is 0.239 e. The minimum Gasteiger partial charge on any atom is -0.343 e. The Balaban J connectivity index is 1.70. The number of aromatic nitrogens is 1. The fourth-order valence-electron chi connectivity index (χ4n) is 3.51.